The molecule has 1 aromatic carbocycles. The zero-order valence-corrected chi connectivity index (χ0v) is 12.9. The maximum absolute atomic E-state index is 5.97. The summed E-state index contributed by atoms with van der Waals surface area (Å²) in [5.41, 5.74) is 1.75. The Morgan fingerprint density at radius 1 is 1.32 bits per heavy atom. The standard InChI is InChI=1S/C13H13BrClN3O/c1-16-11(9-4-3-8(15)7-10(9)14)12-13(19-2)18-6-5-17-12/h3-7,11,16H,1-2H3. The topological polar surface area (TPSA) is 47.0 Å². The van der Waals surface area contributed by atoms with Crippen molar-refractivity contribution >= 4 is 27.5 Å². The van der Waals surface area contributed by atoms with Crippen molar-refractivity contribution in [3.05, 3.63) is 51.3 Å². The molecule has 19 heavy (non-hydrogen) atoms. The Balaban J connectivity index is 2.50. The van der Waals surface area contributed by atoms with Crippen LogP contribution in [0.25, 0.3) is 0 Å². The monoisotopic (exact) mass is 341 g/mol. The van der Waals surface area contributed by atoms with Gasteiger partial charge in [-0.2, -0.15) is 0 Å². The lowest BCUT2D eigenvalue weighted by atomic mass is 10.0. The molecule has 1 unspecified atom stereocenters. The van der Waals surface area contributed by atoms with Gasteiger partial charge in [-0.1, -0.05) is 33.6 Å². The third-order valence-corrected chi connectivity index (χ3v) is 3.64. The zero-order valence-electron chi connectivity index (χ0n) is 10.5. The van der Waals surface area contributed by atoms with Gasteiger partial charge < -0.3 is 10.1 Å². The molecule has 0 amide bonds. The summed E-state index contributed by atoms with van der Waals surface area (Å²) in [5.74, 6) is 0.503. The van der Waals surface area contributed by atoms with Gasteiger partial charge in [0.25, 0.3) is 0 Å². The van der Waals surface area contributed by atoms with Crippen LogP contribution in [-0.4, -0.2) is 24.1 Å². The highest BCUT2D eigenvalue weighted by Crippen LogP contribution is 2.32. The van der Waals surface area contributed by atoms with E-state index in [1.807, 2.05) is 25.2 Å². The van der Waals surface area contributed by atoms with Crippen molar-refractivity contribution in [2.75, 3.05) is 14.2 Å². The van der Waals surface area contributed by atoms with E-state index in [0.29, 0.717) is 10.9 Å². The number of hydrogen-bond acceptors (Lipinski definition) is 4. The van der Waals surface area contributed by atoms with Crippen molar-refractivity contribution in [1.82, 2.24) is 15.3 Å². The number of hydrogen-bond donors (Lipinski definition) is 1. The number of methoxy groups -OCH3 is 1. The van der Waals surface area contributed by atoms with Crippen LogP contribution in [0.3, 0.4) is 0 Å². The Morgan fingerprint density at radius 2 is 2.05 bits per heavy atom. The molecule has 0 bridgehead atoms. The van der Waals surface area contributed by atoms with Gasteiger partial charge in [0.2, 0.25) is 5.88 Å². The lowest BCUT2D eigenvalue weighted by Crippen LogP contribution is -2.20. The molecule has 0 radical (unpaired) electrons. The minimum atomic E-state index is -0.129. The summed E-state index contributed by atoms with van der Waals surface area (Å²) in [6.45, 7) is 0. The zero-order chi connectivity index (χ0) is 13.8. The Kier molecular flexibility index (Phi) is 4.74. The molecule has 1 atom stereocenters. The molecule has 6 heteroatoms. The van der Waals surface area contributed by atoms with Crippen molar-refractivity contribution in [3.63, 3.8) is 0 Å². The highest BCUT2D eigenvalue weighted by atomic mass is 79.9. The van der Waals surface area contributed by atoms with Gasteiger partial charge in [0.05, 0.1) is 13.2 Å². The minimum absolute atomic E-state index is 0.129. The fourth-order valence-corrected chi connectivity index (χ4v) is 2.78. The molecule has 2 rings (SSSR count). The van der Waals surface area contributed by atoms with E-state index in [0.717, 1.165) is 15.7 Å². The molecule has 1 aromatic heterocycles. The molecule has 1 heterocycles. The van der Waals surface area contributed by atoms with Gasteiger partial charge in [0.1, 0.15) is 5.69 Å². The Bertz CT molecular complexity index is 580. The average Bonchev–Trinajstić information content (AvgIpc) is 2.42. The van der Waals surface area contributed by atoms with Crippen LogP contribution in [0.4, 0.5) is 0 Å². The van der Waals surface area contributed by atoms with Gasteiger partial charge in [-0.15, -0.1) is 0 Å². The highest BCUT2D eigenvalue weighted by Gasteiger charge is 2.21. The van der Waals surface area contributed by atoms with E-state index < -0.39 is 0 Å². The third-order valence-electron chi connectivity index (χ3n) is 2.72. The molecular weight excluding hydrogens is 330 g/mol. The predicted molar refractivity (Wildman–Crippen MR) is 78.6 cm³/mol. The summed E-state index contributed by atoms with van der Waals surface area (Å²) in [6.07, 6.45) is 3.25. The maximum atomic E-state index is 5.97. The van der Waals surface area contributed by atoms with E-state index in [4.69, 9.17) is 16.3 Å². The third kappa shape index (κ3) is 3.05. The highest BCUT2D eigenvalue weighted by molar-refractivity contribution is 9.10. The van der Waals surface area contributed by atoms with E-state index >= 15 is 0 Å². The fraction of sp³-hybridized carbons (Fsp3) is 0.231. The van der Waals surface area contributed by atoms with Crippen LogP contribution in [-0.2, 0) is 0 Å². The largest absolute Gasteiger partial charge is 0.480 e. The second-order valence-corrected chi connectivity index (χ2v) is 5.13. The number of rotatable bonds is 4. The lowest BCUT2D eigenvalue weighted by Gasteiger charge is -2.19. The molecule has 0 spiro atoms. The molecule has 1 N–H and O–H groups in total. The Hall–Kier alpha value is -1.17. The number of aromatic nitrogens is 2. The normalized spacial score (nSPS) is 12.2. The van der Waals surface area contributed by atoms with Gasteiger partial charge in [-0.3, -0.25) is 4.98 Å². The van der Waals surface area contributed by atoms with E-state index in [9.17, 15) is 0 Å². The summed E-state index contributed by atoms with van der Waals surface area (Å²) in [4.78, 5) is 8.53. The smallest absolute Gasteiger partial charge is 0.237 e. The molecule has 4 nitrogen and oxygen atoms in total. The second kappa shape index (κ2) is 6.32. The molecule has 100 valence electrons. The molecule has 2 aromatic rings. The summed E-state index contributed by atoms with van der Waals surface area (Å²) < 4.78 is 6.17. The van der Waals surface area contributed by atoms with Gasteiger partial charge in [-0.05, 0) is 24.7 Å². The summed E-state index contributed by atoms with van der Waals surface area (Å²) in [5, 5.41) is 3.89. The quantitative estimate of drug-likeness (QED) is 0.927. The lowest BCUT2D eigenvalue weighted by molar-refractivity contribution is 0.384. The van der Waals surface area contributed by atoms with Crippen molar-refractivity contribution in [2.24, 2.45) is 0 Å². The van der Waals surface area contributed by atoms with Gasteiger partial charge in [0, 0.05) is 21.9 Å². The molecule has 0 aliphatic carbocycles. The summed E-state index contributed by atoms with van der Waals surface area (Å²) >= 11 is 9.49. The van der Waals surface area contributed by atoms with Gasteiger partial charge in [0.15, 0.2) is 0 Å². The average molecular weight is 343 g/mol. The van der Waals surface area contributed by atoms with Crippen molar-refractivity contribution < 1.29 is 4.74 Å². The maximum Gasteiger partial charge on any atom is 0.237 e. The van der Waals surface area contributed by atoms with Gasteiger partial charge >= 0.3 is 0 Å². The first kappa shape index (κ1) is 14.2. The van der Waals surface area contributed by atoms with Crippen LogP contribution in [0, 0.1) is 0 Å². The van der Waals surface area contributed by atoms with Gasteiger partial charge in [-0.25, -0.2) is 4.98 Å². The molecular formula is C13H13BrClN3O. The first-order valence-corrected chi connectivity index (χ1v) is 6.81. The van der Waals surface area contributed by atoms with Crippen molar-refractivity contribution in [1.29, 1.82) is 0 Å². The SMILES string of the molecule is CNC(c1ccc(Cl)cc1Br)c1nccnc1OC. The Morgan fingerprint density at radius 3 is 2.68 bits per heavy atom. The Labute approximate surface area is 125 Å². The molecule has 0 saturated heterocycles. The predicted octanol–water partition coefficient (Wildman–Crippen LogP) is 3.21. The fourth-order valence-electron chi connectivity index (χ4n) is 1.87. The first-order chi connectivity index (χ1) is 9.17. The van der Waals surface area contributed by atoms with E-state index in [1.54, 1.807) is 19.5 Å². The van der Waals surface area contributed by atoms with E-state index in [1.165, 1.54) is 0 Å². The van der Waals surface area contributed by atoms with Crippen molar-refractivity contribution in [3.8, 4) is 5.88 Å². The molecule has 0 aliphatic rings. The molecule has 0 saturated carbocycles. The molecule has 0 fully saturated rings. The van der Waals surface area contributed by atoms with Crippen LogP contribution in [0.1, 0.15) is 17.3 Å². The number of benzene rings is 1. The molecule has 0 aliphatic heterocycles. The number of halogens is 2. The number of nitrogens with zero attached hydrogens (tertiary/aromatic N) is 2. The van der Waals surface area contributed by atoms with Crippen LogP contribution < -0.4 is 10.1 Å². The first-order valence-electron chi connectivity index (χ1n) is 5.64. The summed E-state index contributed by atoms with van der Waals surface area (Å²) in [6, 6.07) is 5.51. The van der Waals surface area contributed by atoms with Crippen molar-refractivity contribution in [2.45, 2.75) is 6.04 Å². The second-order valence-electron chi connectivity index (χ2n) is 3.84. The van der Waals surface area contributed by atoms with Crippen LogP contribution >= 0.6 is 27.5 Å². The van der Waals surface area contributed by atoms with Crippen LogP contribution in [0.5, 0.6) is 5.88 Å². The number of nitrogens with one attached hydrogen (secondary N) is 1. The minimum Gasteiger partial charge on any atom is -0.480 e. The van der Waals surface area contributed by atoms with Crippen LogP contribution in [0.2, 0.25) is 5.02 Å². The van der Waals surface area contributed by atoms with E-state index in [2.05, 4.69) is 31.2 Å². The number of ether oxygens (including phenoxy) is 1. The van der Waals surface area contributed by atoms with Crippen LogP contribution in [0.15, 0.2) is 35.1 Å². The van der Waals surface area contributed by atoms with E-state index in [-0.39, 0.29) is 6.04 Å². The summed E-state index contributed by atoms with van der Waals surface area (Å²) in [7, 11) is 3.44.